The van der Waals surface area contributed by atoms with Crippen molar-refractivity contribution < 1.29 is 22.7 Å². The van der Waals surface area contributed by atoms with Gasteiger partial charge in [-0.15, -0.1) is 11.8 Å². The minimum Gasteiger partial charge on any atom is -0.506 e. The van der Waals surface area contributed by atoms with Crippen molar-refractivity contribution in [2.24, 2.45) is 5.92 Å². The smallest absolute Gasteiger partial charge is 0.326 e. The lowest BCUT2D eigenvalue weighted by Gasteiger charge is -2.28. The Hall–Kier alpha value is -1.52. The van der Waals surface area contributed by atoms with E-state index in [9.17, 15) is 18.3 Å². The fraction of sp³-hybridized carbons (Fsp3) is 0.533. The van der Waals surface area contributed by atoms with Gasteiger partial charge in [0.05, 0.1) is 0 Å². The van der Waals surface area contributed by atoms with Crippen molar-refractivity contribution in [3.8, 4) is 5.75 Å². The van der Waals surface area contributed by atoms with Gasteiger partial charge in [0.25, 0.3) is 5.91 Å². The molecule has 2 heterocycles. The number of hydrogen-bond acceptors (Lipinski definition) is 6. The number of carbonyl (C=O) groups excluding carboxylic acids is 1. The number of halogens is 1. The van der Waals surface area contributed by atoms with Gasteiger partial charge in [-0.1, -0.05) is 13.8 Å². The molecule has 7 nitrogen and oxygen atoms in total. The van der Waals surface area contributed by atoms with Crippen LogP contribution in [0.1, 0.15) is 19.4 Å². The second-order valence-electron chi connectivity index (χ2n) is 6.59. The molecular formula is C15H20FN3O4S2. The van der Waals surface area contributed by atoms with Crippen LogP contribution in [0, 0.1) is 11.7 Å². The van der Waals surface area contributed by atoms with Crippen LogP contribution < -0.4 is 14.3 Å². The molecule has 0 aromatic heterocycles. The molecule has 3 rings (SSSR count). The normalized spacial score (nSPS) is 22.2. The van der Waals surface area contributed by atoms with Gasteiger partial charge in [-0.3, -0.25) is 4.79 Å². The number of nitrogens with zero attached hydrogens (tertiary/aromatic N) is 1. The van der Waals surface area contributed by atoms with Gasteiger partial charge in [0.15, 0.2) is 5.82 Å². The monoisotopic (exact) mass is 389 g/mol. The second-order valence-corrected chi connectivity index (χ2v) is 9.24. The molecule has 138 valence electrons. The van der Waals surface area contributed by atoms with Gasteiger partial charge in [-0.2, -0.15) is 8.42 Å². The Kier molecular flexibility index (Phi) is 4.86. The van der Waals surface area contributed by atoms with Gasteiger partial charge in [0, 0.05) is 22.3 Å². The molecule has 0 spiro atoms. The number of rotatable bonds is 4. The first-order valence-corrected chi connectivity index (χ1v) is 10.4. The fourth-order valence-corrected chi connectivity index (χ4v) is 5.20. The average molecular weight is 389 g/mol. The maximum atomic E-state index is 15.1. The zero-order chi connectivity index (χ0) is 18.4. The van der Waals surface area contributed by atoms with Gasteiger partial charge >= 0.3 is 10.2 Å². The largest absolute Gasteiger partial charge is 0.506 e. The third-order valence-electron chi connectivity index (χ3n) is 4.06. The van der Waals surface area contributed by atoms with Crippen LogP contribution in [0.4, 0.5) is 10.1 Å². The minimum atomic E-state index is -4.18. The van der Waals surface area contributed by atoms with Crippen LogP contribution in [-0.4, -0.2) is 44.3 Å². The first kappa shape index (κ1) is 18.3. The predicted molar refractivity (Wildman–Crippen MR) is 93.5 cm³/mol. The molecule has 2 aliphatic rings. The summed E-state index contributed by atoms with van der Waals surface area (Å²) in [6.45, 7) is 4.41. The van der Waals surface area contributed by atoms with E-state index in [1.165, 1.54) is 17.8 Å². The maximum absolute atomic E-state index is 15.1. The molecule has 1 fully saturated rings. The molecule has 1 amide bonds. The minimum absolute atomic E-state index is 0.0572. The third-order valence-corrected chi connectivity index (χ3v) is 6.68. The SMILES string of the molecule is CC(C)CN[C@@H]1CSc2cc(O)c(N3CC(=O)NS3(=O)=O)c(F)c2C1. The highest BCUT2D eigenvalue weighted by Gasteiger charge is 2.39. The van der Waals surface area contributed by atoms with E-state index in [0.717, 1.165) is 12.3 Å². The van der Waals surface area contributed by atoms with Crippen LogP contribution in [0.25, 0.3) is 0 Å². The Balaban J connectivity index is 1.95. The van der Waals surface area contributed by atoms with Gasteiger partial charge in [-0.25, -0.2) is 13.4 Å². The summed E-state index contributed by atoms with van der Waals surface area (Å²) >= 11 is 1.42. The maximum Gasteiger partial charge on any atom is 0.326 e. The molecule has 1 aromatic rings. The van der Waals surface area contributed by atoms with Crippen molar-refractivity contribution in [2.45, 2.75) is 31.2 Å². The second kappa shape index (κ2) is 6.65. The van der Waals surface area contributed by atoms with Crippen molar-refractivity contribution in [3.63, 3.8) is 0 Å². The van der Waals surface area contributed by atoms with Crippen molar-refractivity contribution in [2.75, 3.05) is 23.1 Å². The molecule has 0 aliphatic carbocycles. The summed E-state index contributed by atoms with van der Waals surface area (Å²) in [6, 6.07) is 1.43. The molecule has 10 heteroatoms. The van der Waals surface area contributed by atoms with E-state index in [1.807, 2.05) is 0 Å². The summed E-state index contributed by atoms with van der Waals surface area (Å²) in [5, 5.41) is 13.5. The van der Waals surface area contributed by atoms with Crippen molar-refractivity contribution in [1.29, 1.82) is 0 Å². The van der Waals surface area contributed by atoms with Crippen molar-refractivity contribution in [1.82, 2.24) is 10.0 Å². The lowest BCUT2D eigenvalue weighted by atomic mass is 10.0. The number of anilines is 1. The van der Waals surface area contributed by atoms with E-state index in [-0.39, 0.29) is 6.04 Å². The van der Waals surface area contributed by atoms with Crippen LogP contribution in [0.5, 0.6) is 5.75 Å². The van der Waals surface area contributed by atoms with Gasteiger partial charge in [-0.05, 0) is 24.9 Å². The number of amides is 1. The molecule has 1 saturated heterocycles. The first-order chi connectivity index (χ1) is 11.7. The van der Waals surface area contributed by atoms with Crippen LogP contribution in [0.3, 0.4) is 0 Å². The number of aromatic hydroxyl groups is 1. The first-order valence-electron chi connectivity index (χ1n) is 7.93. The van der Waals surface area contributed by atoms with Crippen molar-refractivity contribution in [3.05, 3.63) is 17.4 Å². The Morgan fingerprint density at radius 3 is 2.84 bits per heavy atom. The van der Waals surface area contributed by atoms with E-state index >= 15 is 4.39 Å². The molecule has 3 N–H and O–H groups in total. The quantitative estimate of drug-likeness (QED) is 0.710. The Morgan fingerprint density at radius 1 is 1.52 bits per heavy atom. The Labute approximate surface area is 150 Å². The van der Waals surface area contributed by atoms with E-state index in [2.05, 4.69) is 19.2 Å². The summed E-state index contributed by atoms with van der Waals surface area (Å²) < 4.78 is 41.4. The van der Waals surface area contributed by atoms with Crippen LogP contribution >= 0.6 is 11.8 Å². The summed E-state index contributed by atoms with van der Waals surface area (Å²) in [7, 11) is -4.18. The number of phenols is 1. The Bertz CT molecular complexity index is 813. The Morgan fingerprint density at radius 2 is 2.24 bits per heavy atom. The van der Waals surface area contributed by atoms with Crippen molar-refractivity contribution >= 4 is 33.6 Å². The molecule has 1 atom stereocenters. The van der Waals surface area contributed by atoms with E-state index < -0.39 is 39.9 Å². The molecule has 0 bridgehead atoms. The summed E-state index contributed by atoms with van der Waals surface area (Å²) in [5.41, 5.74) is -0.109. The number of carbonyl (C=O) groups is 1. The molecule has 0 saturated carbocycles. The summed E-state index contributed by atoms with van der Waals surface area (Å²) in [6.07, 6.45) is 0.392. The standard InChI is InChI=1S/C15H20FN3O4S2/c1-8(2)5-17-9-3-10-12(24-7-9)4-11(20)15(14(10)16)19-6-13(21)18-25(19,22)23/h4,8-9,17,20H,3,5-7H2,1-2H3,(H,18,21)/t9-/m0/s1. The average Bonchev–Trinajstić information content (AvgIpc) is 2.78. The number of benzene rings is 1. The number of fused-ring (bicyclic) bond motifs is 1. The molecule has 0 radical (unpaired) electrons. The zero-order valence-corrected chi connectivity index (χ0v) is 15.5. The molecule has 2 aliphatic heterocycles. The van der Waals surface area contributed by atoms with E-state index in [0.29, 0.717) is 27.1 Å². The van der Waals surface area contributed by atoms with Gasteiger partial charge < -0.3 is 10.4 Å². The van der Waals surface area contributed by atoms with Crippen LogP contribution in [0.2, 0.25) is 0 Å². The lowest BCUT2D eigenvalue weighted by molar-refractivity contribution is -0.117. The van der Waals surface area contributed by atoms with Crippen LogP contribution in [0.15, 0.2) is 11.0 Å². The lowest BCUT2D eigenvalue weighted by Crippen LogP contribution is -2.38. The predicted octanol–water partition coefficient (Wildman–Crippen LogP) is 0.975. The number of nitrogens with one attached hydrogen (secondary N) is 2. The number of thioether (sulfide) groups is 1. The fourth-order valence-electron chi connectivity index (χ4n) is 2.87. The molecule has 1 aromatic carbocycles. The molecule has 0 unspecified atom stereocenters. The highest BCUT2D eigenvalue weighted by Crippen LogP contribution is 2.42. The number of hydrogen-bond donors (Lipinski definition) is 3. The van der Waals surface area contributed by atoms with Crippen LogP contribution in [-0.2, 0) is 21.4 Å². The highest BCUT2D eigenvalue weighted by atomic mass is 32.2. The summed E-state index contributed by atoms with van der Waals surface area (Å²) in [4.78, 5) is 12.0. The van der Waals surface area contributed by atoms with E-state index in [4.69, 9.17) is 0 Å². The topological polar surface area (TPSA) is 98.7 Å². The third kappa shape index (κ3) is 3.56. The molecular weight excluding hydrogens is 369 g/mol. The van der Waals surface area contributed by atoms with E-state index in [1.54, 1.807) is 4.72 Å². The van der Waals surface area contributed by atoms with Gasteiger partial charge in [0.2, 0.25) is 0 Å². The van der Waals surface area contributed by atoms with Gasteiger partial charge in [0.1, 0.15) is 18.0 Å². The molecule has 25 heavy (non-hydrogen) atoms. The zero-order valence-electron chi connectivity index (χ0n) is 13.9. The summed E-state index contributed by atoms with van der Waals surface area (Å²) in [5.74, 6) is -0.850. The highest BCUT2D eigenvalue weighted by molar-refractivity contribution is 7.99. The number of phenolic OH excluding ortho intramolecular Hbond substituents is 1.